The van der Waals surface area contributed by atoms with E-state index in [2.05, 4.69) is 9.97 Å². The molecule has 6 heteroatoms. The number of hydrogen-bond donors (Lipinski definition) is 2. The number of thioether (sulfide) groups is 1. The van der Waals surface area contributed by atoms with Crippen LogP contribution in [0.25, 0.3) is 0 Å². The third-order valence-corrected chi connectivity index (χ3v) is 1.89. The molecule has 1 aromatic rings. The Kier molecular flexibility index (Phi) is 2.35. The molecule has 0 unspecified atom stereocenters. The van der Waals surface area contributed by atoms with Crippen LogP contribution in [0.4, 0.5) is 5.95 Å². The van der Waals surface area contributed by atoms with Gasteiger partial charge in [-0.2, -0.15) is 5.26 Å². The lowest BCUT2D eigenvalue weighted by Crippen LogP contribution is -2.15. The first-order valence-corrected chi connectivity index (χ1v) is 4.25. The first kappa shape index (κ1) is 8.62. The molecule has 0 aliphatic carbocycles. The Balaban J connectivity index is 3.47. The van der Waals surface area contributed by atoms with E-state index in [1.807, 2.05) is 0 Å². The number of aromatic amines is 1. The molecule has 3 N–H and O–H groups in total. The van der Waals surface area contributed by atoms with Crippen molar-refractivity contribution in [3.63, 3.8) is 0 Å². The van der Waals surface area contributed by atoms with Gasteiger partial charge in [-0.15, -0.1) is 11.8 Å². The fourth-order valence-electron chi connectivity index (χ4n) is 0.715. The van der Waals surface area contributed by atoms with E-state index < -0.39 is 5.56 Å². The second kappa shape index (κ2) is 3.28. The van der Waals surface area contributed by atoms with E-state index in [1.54, 1.807) is 12.3 Å². The molecule has 0 spiro atoms. The number of nitrogens with zero attached hydrogens (tertiary/aromatic N) is 2. The molecular weight excluding hydrogens is 176 g/mol. The van der Waals surface area contributed by atoms with Crippen LogP contribution in [0.2, 0.25) is 0 Å². The predicted octanol–water partition coefficient (Wildman–Crippen LogP) is -0.0543. The van der Waals surface area contributed by atoms with E-state index in [1.165, 1.54) is 11.8 Å². The number of aromatic nitrogens is 2. The van der Waals surface area contributed by atoms with Crippen LogP contribution in [0, 0.1) is 11.3 Å². The molecule has 0 radical (unpaired) electrons. The topological polar surface area (TPSA) is 95.6 Å². The Labute approximate surface area is 72.6 Å². The Morgan fingerprint density at radius 3 is 2.92 bits per heavy atom. The van der Waals surface area contributed by atoms with Crippen LogP contribution >= 0.6 is 11.8 Å². The van der Waals surface area contributed by atoms with Crippen molar-refractivity contribution in [2.24, 2.45) is 0 Å². The van der Waals surface area contributed by atoms with E-state index in [0.717, 1.165) is 0 Å². The Hall–Kier alpha value is -1.48. The summed E-state index contributed by atoms with van der Waals surface area (Å²) in [4.78, 5) is 17.1. The molecule has 0 saturated heterocycles. The number of H-pyrrole nitrogens is 1. The van der Waals surface area contributed by atoms with Gasteiger partial charge in [0.25, 0.3) is 5.56 Å². The van der Waals surface area contributed by atoms with Crippen LogP contribution in [-0.2, 0) is 0 Å². The van der Waals surface area contributed by atoms with Crippen molar-refractivity contribution in [2.45, 2.75) is 5.03 Å². The fourth-order valence-corrected chi connectivity index (χ4v) is 1.25. The highest BCUT2D eigenvalue weighted by atomic mass is 32.2. The van der Waals surface area contributed by atoms with Crippen molar-refractivity contribution < 1.29 is 0 Å². The van der Waals surface area contributed by atoms with E-state index >= 15 is 0 Å². The zero-order valence-electron chi connectivity index (χ0n) is 6.29. The largest absolute Gasteiger partial charge is 0.369 e. The van der Waals surface area contributed by atoms with Gasteiger partial charge in [-0.1, -0.05) is 0 Å². The molecule has 0 bridgehead atoms. The number of nitrogens with two attached hydrogens (primary N) is 1. The van der Waals surface area contributed by atoms with Crippen molar-refractivity contribution in [1.29, 1.82) is 5.26 Å². The molecule has 0 aliphatic rings. The van der Waals surface area contributed by atoms with Crippen LogP contribution in [0.3, 0.4) is 0 Å². The van der Waals surface area contributed by atoms with Crippen LogP contribution in [-0.4, -0.2) is 16.2 Å². The summed E-state index contributed by atoms with van der Waals surface area (Å²) in [5, 5.41) is 8.92. The van der Waals surface area contributed by atoms with Gasteiger partial charge in [0, 0.05) is 0 Å². The summed E-state index contributed by atoms with van der Waals surface area (Å²) in [5.74, 6) is 0.0309. The molecule has 0 amide bonds. The molecule has 1 aromatic heterocycles. The SMILES string of the molecule is CSc1nc(N)[nH]c(=O)c1C#N. The fraction of sp³-hybridized carbons (Fsp3) is 0.167. The molecule has 5 nitrogen and oxygen atoms in total. The van der Waals surface area contributed by atoms with Crippen molar-refractivity contribution in [3.8, 4) is 6.07 Å². The van der Waals surface area contributed by atoms with Gasteiger partial charge in [-0.3, -0.25) is 9.78 Å². The molecule has 0 aromatic carbocycles. The number of anilines is 1. The summed E-state index contributed by atoms with van der Waals surface area (Å²) in [6.07, 6.45) is 1.72. The predicted molar refractivity (Wildman–Crippen MR) is 45.8 cm³/mol. The smallest absolute Gasteiger partial charge is 0.271 e. The van der Waals surface area contributed by atoms with Gasteiger partial charge in [0.05, 0.1) is 0 Å². The van der Waals surface area contributed by atoms with E-state index in [9.17, 15) is 4.79 Å². The van der Waals surface area contributed by atoms with E-state index in [4.69, 9.17) is 11.0 Å². The van der Waals surface area contributed by atoms with Crippen LogP contribution in [0.15, 0.2) is 9.82 Å². The van der Waals surface area contributed by atoms with Crippen molar-refractivity contribution in [2.75, 3.05) is 12.0 Å². The number of hydrogen-bond acceptors (Lipinski definition) is 5. The normalized spacial score (nSPS) is 9.33. The molecule has 0 aliphatic heterocycles. The van der Waals surface area contributed by atoms with Gasteiger partial charge in [0.2, 0.25) is 5.95 Å². The Bertz CT molecular complexity index is 392. The quantitative estimate of drug-likeness (QED) is 0.468. The number of nitrogens with one attached hydrogen (secondary N) is 1. The third kappa shape index (κ3) is 1.40. The van der Waals surface area contributed by atoms with Gasteiger partial charge in [-0.25, -0.2) is 4.98 Å². The summed E-state index contributed by atoms with van der Waals surface area (Å²) in [5.41, 5.74) is 4.79. The molecule has 62 valence electrons. The second-order valence-corrected chi connectivity index (χ2v) is 2.74. The standard InChI is InChI=1S/C6H6N4OS/c1-12-5-3(2-7)4(11)9-6(8)10-5/h1H3,(H3,8,9,10,11). The maximum Gasteiger partial charge on any atom is 0.271 e. The van der Waals surface area contributed by atoms with Crippen molar-refractivity contribution >= 4 is 17.7 Å². The van der Waals surface area contributed by atoms with Crippen molar-refractivity contribution in [1.82, 2.24) is 9.97 Å². The van der Waals surface area contributed by atoms with Gasteiger partial charge >= 0.3 is 0 Å². The summed E-state index contributed by atoms with van der Waals surface area (Å²) in [6, 6.07) is 1.76. The van der Waals surface area contributed by atoms with Crippen LogP contribution in [0.1, 0.15) is 5.56 Å². The molecule has 0 fully saturated rings. The Morgan fingerprint density at radius 1 is 1.75 bits per heavy atom. The summed E-state index contributed by atoms with van der Waals surface area (Å²) >= 11 is 1.21. The minimum absolute atomic E-state index is 0.0108. The molecule has 1 heterocycles. The molecular formula is C6H6N4OS. The highest BCUT2D eigenvalue weighted by Gasteiger charge is 2.07. The zero-order chi connectivity index (χ0) is 9.14. The Morgan fingerprint density at radius 2 is 2.42 bits per heavy atom. The number of rotatable bonds is 1. The highest BCUT2D eigenvalue weighted by molar-refractivity contribution is 7.98. The summed E-state index contributed by atoms with van der Waals surface area (Å²) in [7, 11) is 0. The lowest BCUT2D eigenvalue weighted by molar-refractivity contribution is 1.01. The average molecular weight is 182 g/mol. The zero-order valence-corrected chi connectivity index (χ0v) is 7.10. The van der Waals surface area contributed by atoms with Crippen LogP contribution in [0.5, 0.6) is 0 Å². The molecule has 0 saturated carbocycles. The summed E-state index contributed by atoms with van der Waals surface area (Å²) in [6.45, 7) is 0. The lowest BCUT2D eigenvalue weighted by atomic mass is 10.4. The minimum atomic E-state index is -0.491. The first-order chi connectivity index (χ1) is 5.69. The maximum absolute atomic E-state index is 11.0. The van der Waals surface area contributed by atoms with Gasteiger partial charge < -0.3 is 5.73 Å². The second-order valence-electron chi connectivity index (χ2n) is 1.95. The summed E-state index contributed by atoms with van der Waals surface area (Å²) < 4.78 is 0. The minimum Gasteiger partial charge on any atom is -0.369 e. The lowest BCUT2D eigenvalue weighted by Gasteiger charge is -1.98. The first-order valence-electron chi connectivity index (χ1n) is 3.03. The molecule has 0 atom stereocenters. The van der Waals surface area contributed by atoms with Gasteiger partial charge in [-0.05, 0) is 6.26 Å². The molecule has 12 heavy (non-hydrogen) atoms. The number of nitrogen functional groups attached to an aromatic ring is 1. The molecule has 1 rings (SSSR count). The van der Waals surface area contributed by atoms with E-state index in [-0.39, 0.29) is 11.5 Å². The highest BCUT2D eigenvalue weighted by Crippen LogP contribution is 2.13. The average Bonchev–Trinajstić information content (AvgIpc) is 2.03. The van der Waals surface area contributed by atoms with Crippen LogP contribution < -0.4 is 11.3 Å². The van der Waals surface area contributed by atoms with Gasteiger partial charge in [0.1, 0.15) is 16.7 Å². The van der Waals surface area contributed by atoms with Gasteiger partial charge in [0.15, 0.2) is 0 Å². The third-order valence-electron chi connectivity index (χ3n) is 1.21. The monoisotopic (exact) mass is 182 g/mol. The van der Waals surface area contributed by atoms with Crippen molar-refractivity contribution in [3.05, 3.63) is 15.9 Å². The maximum atomic E-state index is 11.0. The number of nitriles is 1. The van der Waals surface area contributed by atoms with E-state index in [0.29, 0.717) is 5.03 Å².